The van der Waals surface area contributed by atoms with Gasteiger partial charge in [-0.15, -0.1) is 12.1 Å². The zero-order valence-electron chi connectivity index (χ0n) is 5.32. The Balaban J connectivity index is 0.000000810. The smallest absolute Gasteiger partial charge is 0.0969 e. The van der Waals surface area contributed by atoms with Gasteiger partial charge in [-0.25, -0.2) is 0 Å². The van der Waals surface area contributed by atoms with Crippen LogP contribution in [-0.4, -0.2) is 0 Å². The summed E-state index contributed by atoms with van der Waals surface area (Å²) in [6, 6.07) is 9.17. The first-order chi connectivity index (χ1) is 4.33. The van der Waals surface area contributed by atoms with E-state index in [4.69, 9.17) is 5.26 Å². The van der Waals surface area contributed by atoms with Gasteiger partial charge in [-0.3, -0.25) is 0 Å². The SMILES string of the molecule is [CH2-]c1ccc(C#N)cc1.[Fe]. The second-order valence-electron chi connectivity index (χ2n) is 1.81. The van der Waals surface area contributed by atoms with Crippen molar-refractivity contribution in [3.05, 3.63) is 42.3 Å². The van der Waals surface area contributed by atoms with Crippen LogP contribution >= 0.6 is 0 Å². The van der Waals surface area contributed by atoms with Crippen LogP contribution in [-0.2, 0) is 17.1 Å². The first kappa shape index (κ1) is 9.10. The summed E-state index contributed by atoms with van der Waals surface area (Å²) >= 11 is 0. The van der Waals surface area contributed by atoms with Crippen molar-refractivity contribution < 1.29 is 17.1 Å². The van der Waals surface area contributed by atoms with Gasteiger partial charge in [0.25, 0.3) is 0 Å². The maximum atomic E-state index is 8.36. The minimum atomic E-state index is 0. The Kier molecular flexibility index (Phi) is 3.64. The second kappa shape index (κ2) is 4.00. The van der Waals surface area contributed by atoms with Crippen LogP contribution in [0.3, 0.4) is 0 Å². The summed E-state index contributed by atoms with van der Waals surface area (Å²) in [4.78, 5) is 0. The van der Waals surface area contributed by atoms with Gasteiger partial charge in [0.2, 0.25) is 0 Å². The molecule has 1 nitrogen and oxygen atoms in total. The zero-order chi connectivity index (χ0) is 6.69. The minimum absolute atomic E-state index is 0. The molecule has 1 aromatic carbocycles. The number of nitrogens with zero attached hydrogens (tertiary/aromatic N) is 1. The number of nitriles is 1. The Hall–Kier alpha value is -0.901. The fourth-order valence-corrected chi connectivity index (χ4v) is 0.579. The van der Waals surface area contributed by atoms with Crippen LogP contribution in [0.5, 0.6) is 0 Å². The maximum Gasteiger partial charge on any atom is 0.0969 e. The number of rotatable bonds is 0. The van der Waals surface area contributed by atoms with Crippen molar-refractivity contribution in [1.29, 1.82) is 5.26 Å². The predicted molar refractivity (Wildman–Crippen MR) is 35.6 cm³/mol. The standard InChI is InChI=1S/C8H6N.Fe/c1-7-2-4-8(6-9)5-3-7;/h2-5H,1H2;/q-1;. The molecule has 0 fully saturated rings. The van der Waals surface area contributed by atoms with Gasteiger partial charge in [-0.2, -0.15) is 29.9 Å². The molecular weight excluding hydrogens is 166 g/mol. The molecule has 0 aliphatic rings. The van der Waals surface area contributed by atoms with E-state index in [0.717, 1.165) is 5.56 Å². The molecule has 2 heteroatoms. The largest absolute Gasteiger partial charge is 0.199 e. The second-order valence-corrected chi connectivity index (χ2v) is 1.81. The Morgan fingerprint density at radius 2 is 1.70 bits per heavy atom. The van der Waals surface area contributed by atoms with Crippen molar-refractivity contribution in [1.82, 2.24) is 0 Å². The van der Waals surface area contributed by atoms with Gasteiger partial charge in [0.15, 0.2) is 0 Å². The van der Waals surface area contributed by atoms with Gasteiger partial charge >= 0.3 is 0 Å². The molecule has 0 heterocycles. The van der Waals surface area contributed by atoms with Crippen molar-refractivity contribution in [2.75, 3.05) is 0 Å². The molecule has 0 saturated carbocycles. The predicted octanol–water partition coefficient (Wildman–Crippen LogP) is 1.74. The Morgan fingerprint density at radius 1 is 1.20 bits per heavy atom. The van der Waals surface area contributed by atoms with Gasteiger partial charge < -0.3 is 0 Å². The van der Waals surface area contributed by atoms with E-state index >= 15 is 0 Å². The van der Waals surface area contributed by atoms with E-state index in [1.165, 1.54) is 0 Å². The third-order valence-electron chi connectivity index (χ3n) is 1.08. The molecule has 0 aliphatic carbocycles. The summed E-state index contributed by atoms with van der Waals surface area (Å²) in [5, 5.41) is 8.36. The molecule has 1 aromatic rings. The molecule has 1 rings (SSSR count). The molecule has 0 amide bonds. The van der Waals surface area contributed by atoms with Gasteiger partial charge in [-0.1, -0.05) is 0 Å². The fourth-order valence-electron chi connectivity index (χ4n) is 0.579. The van der Waals surface area contributed by atoms with Crippen LogP contribution in [0.4, 0.5) is 0 Å². The molecule has 0 N–H and O–H groups in total. The molecule has 0 radical (unpaired) electrons. The summed E-state index contributed by atoms with van der Waals surface area (Å²) in [6.45, 7) is 3.69. The molecule has 52 valence electrons. The molecule has 0 atom stereocenters. The summed E-state index contributed by atoms with van der Waals surface area (Å²) in [7, 11) is 0. The zero-order valence-corrected chi connectivity index (χ0v) is 6.42. The molecular formula is C8H6FeN-. The van der Waals surface area contributed by atoms with Crippen LogP contribution in [0.1, 0.15) is 11.1 Å². The molecule has 0 aromatic heterocycles. The Morgan fingerprint density at radius 3 is 2.10 bits per heavy atom. The summed E-state index contributed by atoms with van der Waals surface area (Å²) in [5.74, 6) is 0. The van der Waals surface area contributed by atoms with Crippen LogP contribution in [0, 0.1) is 18.3 Å². The van der Waals surface area contributed by atoms with Gasteiger partial charge in [0.05, 0.1) is 6.07 Å². The quantitative estimate of drug-likeness (QED) is 0.431. The summed E-state index contributed by atoms with van der Waals surface area (Å²) < 4.78 is 0. The number of hydrogen-bond acceptors (Lipinski definition) is 1. The molecule has 0 unspecified atom stereocenters. The van der Waals surface area contributed by atoms with Crippen molar-refractivity contribution in [3.8, 4) is 6.07 Å². The van der Waals surface area contributed by atoms with E-state index < -0.39 is 0 Å². The summed E-state index contributed by atoms with van der Waals surface area (Å²) in [6.07, 6.45) is 0. The van der Waals surface area contributed by atoms with E-state index in [2.05, 4.69) is 6.92 Å². The van der Waals surface area contributed by atoms with Crippen LogP contribution < -0.4 is 0 Å². The molecule has 0 bridgehead atoms. The van der Waals surface area contributed by atoms with Crippen LogP contribution in [0.25, 0.3) is 0 Å². The van der Waals surface area contributed by atoms with E-state index in [1.807, 2.05) is 18.2 Å². The van der Waals surface area contributed by atoms with Crippen molar-refractivity contribution >= 4 is 0 Å². The maximum absolute atomic E-state index is 8.36. The van der Waals surface area contributed by atoms with Gasteiger partial charge in [-0.05, 0) is 0 Å². The van der Waals surface area contributed by atoms with Gasteiger partial charge in [0.1, 0.15) is 0 Å². The van der Waals surface area contributed by atoms with Crippen molar-refractivity contribution in [2.24, 2.45) is 0 Å². The average molecular weight is 172 g/mol. The van der Waals surface area contributed by atoms with E-state index in [-0.39, 0.29) is 17.1 Å². The van der Waals surface area contributed by atoms with Crippen LogP contribution in [0.15, 0.2) is 24.3 Å². The fraction of sp³-hybridized carbons (Fsp3) is 0. The third-order valence-corrected chi connectivity index (χ3v) is 1.08. The topological polar surface area (TPSA) is 23.8 Å². The molecule has 0 saturated heterocycles. The van der Waals surface area contributed by atoms with E-state index in [0.29, 0.717) is 5.56 Å². The summed E-state index contributed by atoms with van der Waals surface area (Å²) in [5.41, 5.74) is 1.62. The Bertz CT molecular complexity index is 232. The molecule has 0 spiro atoms. The van der Waals surface area contributed by atoms with Gasteiger partial charge in [0, 0.05) is 22.6 Å². The van der Waals surface area contributed by atoms with E-state index in [1.54, 1.807) is 12.1 Å². The number of benzene rings is 1. The first-order valence-electron chi connectivity index (χ1n) is 2.65. The molecule has 10 heavy (non-hydrogen) atoms. The Labute approximate surface area is 71.1 Å². The van der Waals surface area contributed by atoms with Crippen LogP contribution in [0.2, 0.25) is 0 Å². The first-order valence-corrected chi connectivity index (χ1v) is 2.65. The normalized spacial score (nSPS) is 7.50. The monoisotopic (exact) mass is 172 g/mol. The van der Waals surface area contributed by atoms with Crippen molar-refractivity contribution in [3.63, 3.8) is 0 Å². The molecule has 0 aliphatic heterocycles. The average Bonchev–Trinajstić information content (AvgIpc) is 1.90. The van der Waals surface area contributed by atoms with E-state index in [9.17, 15) is 0 Å². The minimum Gasteiger partial charge on any atom is -0.199 e. The third kappa shape index (κ3) is 2.14. The number of hydrogen-bond donors (Lipinski definition) is 0. The van der Waals surface area contributed by atoms with Crippen molar-refractivity contribution in [2.45, 2.75) is 0 Å².